The number of hydrogen-bond acceptors (Lipinski definition) is 6. The van der Waals surface area contributed by atoms with Crippen LogP contribution in [0.3, 0.4) is 0 Å². The number of nitrogens with one attached hydrogen (secondary N) is 2. The van der Waals surface area contributed by atoms with Crippen LogP contribution in [0.15, 0.2) is 32.3 Å². The molecule has 2 aliphatic carbocycles. The number of rotatable bonds is 9. The quantitative estimate of drug-likeness (QED) is 0.416. The largest absolute Gasteiger partial charge is 0.466 e. The minimum atomic E-state index is -0.329. The van der Waals surface area contributed by atoms with Gasteiger partial charge in [-0.3, -0.25) is 19.6 Å². The Kier molecular flexibility index (Phi) is 9.32. The van der Waals surface area contributed by atoms with Crippen molar-refractivity contribution in [3.05, 3.63) is 22.3 Å². The number of carbonyl (C=O) groups excluding carboxylic acids is 2. The van der Waals surface area contributed by atoms with E-state index in [0.717, 1.165) is 88.2 Å². The topological polar surface area (TPSA) is 101 Å². The number of ether oxygens (including phenoxy) is 2. The summed E-state index contributed by atoms with van der Waals surface area (Å²) in [6, 6.07) is 0. The van der Waals surface area contributed by atoms with Crippen LogP contribution in [0, 0.1) is 0 Å². The normalized spacial score (nSPS) is 24.3. The fraction of sp³-hybridized carbons (Fsp3) is 0.733. The summed E-state index contributed by atoms with van der Waals surface area (Å²) in [6.07, 6.45) is 14.6. The molecule has 4 aliphatic rings. The molecule has 0 aromatic heterocycles. The molecule has 210 valence electrons. The van der Waals surface area contributed by atoms with E-state index < -0.39 is 0 Å². The van der Waals surface area contributed by atoms with E-state index in [1.54, 1.807) is 14.1 Å². The van der Waals surface area contributed by atoms with Gasteiger partial charge in [0, 0.05) is 27.2 Å². The highest BCUT2D eigenvalue weighted by molar-refractivity contribution is 6.21. The van der Waals surface area contributed by atoms with Crippen molar-refractivity contribution in [1.82, 2.24) is 10.6 Å². The molecule has 2 saturated carbocycles. The van der Waals surface area contributed by atoms with E-state index in [1.807, 2.05) is 13.8 Å². The maximum Gasteiger partial charge on any atom is 0.256 e. The molecule has 8 heteroatoms. The Morgan fingerprint density at radius 2 is 1.03 bits per heavy atom. The Balaban J connectivity index is 1.17. The minimum absolute atomic E-state index is 0.0793. The number of hydrogen-bond donors (Lipinski definition) is 2. The Morgan fingerprint density at radius 3 is 1.37 bits per heavy atom. The first-order chi connectivity index (χ1) is 18.4. The van der Waals surface area contributed by atoms with Crippen molar-refractivity contribution < 1.29 is 19.1 Å². The lowest BCUT2D eigenvalue weighted by atomic mass is 9.79. The van der Waals surface area contributed by atoms with E-state index in [2.05, 4.69) is 20.6 Å². The molecule has 0 aromatic carbocycles. The van der Waals surface area contributed by atoms with Gasteiger partial charge in [0.15, 0.2) is 0 Å². The van der Waals surface area contributed by atoms with Crippen molar-refractivity contribution in [2.24, 2.45) is 9.98 Å². The lowest BCUT2D eigenvalue weighted by molar-refractivity contribution is -0.117. The van der Waals surface area contributed by atoms with Crippen LogP contribution in [0.4, 0.5) is 0 Å². The number of nitrogens with zero attached hydrogens (tertiary/aromatic N) is 2. The number of unbranched alkanes of at least 4 members (excludes halogenated alkanes) is 3. The van der Waals surface area contributed by atoms with Crippen molar-refractivity contribution in [2.75, 3.05) is 27.2 Å². The van der Waals surface area contributed by atoms with Crippen LogP contribution in [0.5, 0.6) is 0 Å². The minimum Gasteiger partial charge on any atom is -0.466 e. The summed E-state index contributed by atoms with van der Waals surface area (Å²) in [5, 5.41) is 6.14. The van der Waals surface area contributed by atoms with E-state index in [0.29, 0.717) is 36.0 Å². The number of aliphatic imine (C=N–C) groups is 2. The Hall–Kier alpha value is -2.64. The third kappa shape index (κ3) is 5.69. The molecule has 2 N–H and O–H groups in total. The van der Waals surface area contributed by atoms with Gasteiger partial charge >= 0.3 is 0 Å². The van der Waals surface area contributed by atoms with Gasteiger partial charge < -0.3 is 20.1 Å². The standard InChI is InChI=1S/C30H46N4O4/c1-21-23(27(31-3)37-29(21)15-9-7-10-16-29)25(35)33-19-13-5-6-14-20-34-26(36)24-22(2)30(38-28(24)32-4)17-11-8-12-18-30/h5-20H2,1-4H3,(H,33,35)(H,34,36). The average Bonchev–Trinajstić information content (AvgIpc) is 3.36. The lowest BCUT2D eigenvalue weighted by Crippen LogP contribution is -2.33. The zero-order valence-corrected chi connectivity index (χ0v) is 23.8. The Labute approximate surface area is 227 Å². The van der Waals surface area contributed by atoms with Crippen molar-refractivity contribution >= 4 is 23.6 Å². The van der Waals surface area contributed by atoms with E-state index in [1.165, 1.54) is 12.8 Å². The predicted molar refractivity (Wildman–Crippen MR) is 150 cm³/mol. The molecule has 2 fully saturated rings. The summed E-state index contributed by atoms with van der Waals surface area (Å²) in [7, 11) is 3.38. The maximum atomic E-state index is 13.0. The zero-order valence-electron chi connectivity index (χ0n) is 23.8. The van der Waals surface area contributed by atoms with E-state index in [9.17, 15) is 9.59 Å². The SMILES string of the molecule is CN=C1OC2(CCCCC2)C(C)=C1C(=O)NCCCCCCNC(=O)C1=C(C)C2(CCCCC2)OC1=NC. The molecule has 0 aromatic rings. The zero-order chi connectivity index (χ0) is 27.2. The molecule has 0 bridgehead atoms. The van der Waals surface area contributed by atoms with Gasteiger partial charge in [0.2, 0.25) is 11.8 Å². The third-order valence-corrected chi connectivity index (χ3v) is 8.99. The molecule has 2 heterocycles. The smallest absolute Gasteiger partial charge is 0.256 e. The van der Waals surface area contributed by atoms with Crippen LogP contribution >= 0.6 is 0 Å². The summed E-state index contributed by atoms with van der Waals surface area (Å²) < 4.78 is 12.5. The molecule has 38 heavy (non-hydrogen) atoms. The van der Waals surface area contributed by atoms with Gasteiger partial charge in [-0.25, -0.2) is 0 Å². The van der Waals surface area contributed by atoms with Gasteiger partial charge in [-0.05, 0) is 89.2 Å². The van der Waals surface area contributed by atoms with E-state index >= 15 is 0 Å². The molecule has 2 amide bonds. The maximum absolute atomic E-state index is 13.0. The van der Waals surface area contributed by atoms with Gasteiger partial charge in [-0.2, -0.15) is 0 Å². The fourth-order valence-electron chi connectivity index (χ4n) is 6.64. The van der Waals surface area contributed by atoms with Crippen LogP contribution in [0.1, 0.15) is 104 Å². The van der Waals surface area contributed by atoms with Crippen LogP contribution in [0.25, 0.3) is 0 Å². The molecule has 0 radical (unpaired) electrons. The Bertz CT molecular complexity index is 945. The van der Waals surface area contributed by atoms with E-state index in [-0.39, 0.29) is 23.0 Å². The summed E-state index contributed by atoms with van der Waals surface area (Å²) in [4.78, 5) is 34.5. The first kappa shape index (κ1) is 28.4. The molecular weight excluding hydrogens is 480 g/mol. The third-order valence-electron chi connectivity index (χ3n) is 8.99. The fourth-order valence-corrected chi connectivity index (χ4v) is 6.64. The van der Waals surface area contributed by atoms with Crippen LogP contribution in [0.2, 0.25) is 0 Å². The highest BCUT2D eigenvalue weighted by Gasteiger charge is 2.47. The molecule has 0 atom stereocenters. The summed E-state index contributed by atoms with van der Waals surface area (Å²) in [6.45, 7) is 5.31. The second-order valence-electron chi connectivity index (χ2n) is 11.3. The first-order valence-corrected chi connectivity index (χ1v) is 14.7. The summed E-state index contributed by atoms with van der Waals surface area (Å²) in [5.74, 6) is 0.816. The second kappa shape index (κ2) is 12.5. The highest BCUT2D eigenvalue weighted by Crippen LogP contribution is 2.45. The molecule has 0 saturated heterocycles. The molecule has 8 nitrogen and oxygen atoms in total. The van der Waals surface area contributed by atoms with Gasteiger partial charge in [-0.15, -0.1) is 0 Å². The van der Waals surface area contributed by atoms with Crippen molar-refractivity contribution in [3.63, 3.8) is 0 Å². The van der Waals surface area contributed by atoms with Gasteiger partial charge in [0.05, 0.1) is 0 Å². The lowest BCUT2D eigenvalue weighted by Gasteiger charge is -2.34. The molecule has 2 spiro atoms. The monoisotopic (exact) mass is 526 g/mol. The molecule has 2 aliphatic heterocycles. The highest BCUT2D eigenvalue weighted by atomic mass is 16.5. The van der Waals surface area contributed by atoms with Gasteiger partial charge in [0.1, 0.15) is 22.3 Å². The predicted octanol–water partition coefficient (Wildman–Crippen LogP) is 4.94. The van der Waals surface area contributed by atoms with E-state index in [4.69, 9.17) is 9.47 Å². The van der Waals surface area contributed by atoms with Crippen LogP contribution in [-0.4, -0.2) is 62.0 Å². The molecule has 0 unspecified atom stereocenters. The van der Waals surface area contributed by atoms with Crippen LogP contribution < -0.4 is 10.6 Å². The summed E-state index contributed by atoms with van der Waals surface area (Å²) >= 11 is 0. The number of amides is 2. The van der Waals surface area contributed by atoms with Crippen LogP contribution in [-0.2, 0) is 19.1 Å². The molecular formula is C30H46N4O4. The van der Waals surface area contributed by atoms with Gasteiger partial charge in [0.25, 0.3) is 11.8 Å². The van der Waals surface area contributed by atoms with Crippen molar-refractivity contribution in [1.29, 1.82) is 0 Å². The summed E-state index contributed by atoms with van der Waals surface area (Å²) in [5.41, 5.74) is 2.67. The number of carbonyl (C=O) groups is 2. The first-order valence-electron chi connectivity index (χ1n) is 14.7. The average molecular weight is 527 g/mol. The van der Waals surface area contributed by atoms with Gasteiger partial charge in [-0.1, -0.05) is 25.7 Å². The second-order valence-corrected chi connectivity index (χ2v) is 11.3. The van der Waals surface area contributed by atoms with Crippen molar-refractivity contribution in [3.8, 4) is 0 Å². The van der Waals surface area contributed by atoms with Crippen molar-refractivity contribution in [2.45, 2.75) is 115 Å². The molecule has 4 rings (SSSR count). The Morgan fingerprint density at radius 1 is 0.658 bits per heavy atom.